The van der Waals surface area contributed by atoms with Crippen molar-refractivity contribution < 1.29 is 0 Å². The quantitative estimate of drug-likeness (QED) is 0.128. The van der Waals surface area contributed by atoms with Gasteiger partial charge in [0.2, 0.25) is 0 Å². The van der Waals surface area contributed by atoms with E-state index >= 15 is 0 Å². The summed E-state index contributed by atoms with van der Waals surface area (Å²) in [5.74, 6) is 0. The lowest BCUT2D eigenvalue weighted by molar-refractivity contribution is 0.769. The maximum Gasteiger partial charge on any atom is 0.0972 e. The number of allylic oxidation sites excluding steroid dienone is 1. The Morgan fingerprint density at radius 1 is 0.492 bits per heavy atom. The summed E-state index contributed by atoms with van der Waals surface area (Å²) in [7, 11) is 0. The fourth-order valence-electron chi connectivity index (χ4n) is 9.68. The number of hydrogen-bond donors (Lipinski definition) is 1. The predicted octanol–water partition coefficient (Wildman–Crippen LogP) is 15.1. The number of nitrogen functional groups attached to an aromatic ring is 1. The number of hydrogen-bond acceptors (Lipinski definition) is 6. The number of rotatable bonds is 7. The third kappa shape index (κ3) is 5.98. The van der Waals surface area contributed by atoms with E-state index in [1.807, 2.05) is 31.3 Å². The van der Waals surface area contributed by atoms with E-state index < -0.39 is 5.41 Å². The van der Waals surface area contributed by atoms with Gasteiger partial charge in [-0.2, -0.15) is 0 Å². The molecule has 1 aliphatic rings. The number of anilines is 1. The zero-order chi connectivity index (χ0) is 42.1. The summed E-state index contributed by atoms with van der Waals surface area (Å²) in [6.45, 7) is 2.00. The predicted molar refractivity (Wildman–Crippen MR) is 266 cm³/mol. The highest BCUT2D eigenvalue weighted by Gasteiger charge is 2.46. The Morgan fingerprint density at radius 2 is 1.00 bits per heavy atom. The average Bonchev–Trinajstić information content (AvgIpc) is 4.14. The molecule has 0 unspecified atom stereocenters. The smallest absolute Gasteiger partial charge is 0.0972 e. The number of pyridine rings is 3. The van der Waals surface area contributed by atoms with Gasteiger partial charge in [-0.1, -0.05) is 140 Å². The summed E-state index contributed by atoms with van der Waals surface area (Å²) in [5.41, 5.74) is 24.1. The molecular weight excluding hydrogens is 805 g/mol. The van der Waals surface area contributed by atoms with E-state index in [1.54, 1.807) is 22.7 Å². The van der Waals surface area contributed by atoms with Crippen molar-refractivity contribution in [2.24, 2.45) is 0 Å². The summed E-state index contributed by atoms with van der Waals surface area (Å²) in [4.78, 5) is 17.6. The van der Waals surface area contributed by atoms with Gasteiger partial charge in [-0.05, 0) is 110 Å². The van der Waals surface area contributed by atoms with Crippen LogP contribution in [0.5, 0.6) is 0 Å². The second-order valence-corrected chi connectivity index (χ2v) is 18.0. The van der Waals surface area contributed by atoms with Crippen molar-refractivity contribution >= 4 is 67.1 Å². The molecule has 0 bridgehead atoms. The van der Waals surface area contributed by atoms with Crippen LogP contribution in [0.15, 0.2) is 193 Å². The molecule has 5 aromatic heterocycles. The molecular formula is C57H38N4S2. The van der Waals surface area contributed by atoms with E-state index in [4.69, 9.17) is 20.7 Å². The summed E-state index contributed by atoms with van der Waals surface area (Å²) in [6.07, 6.45) is 5.89. The number of benzene rings is 6. The Kier molecular flexibility index (Phi) is 8.78. The first-order chi connectivity index (χ1) is 31.1. The highest BCUT2D eigenvalue weighted by molar-refractivity contribution is 7.13. The fourth-order valence-corrected chi connectivity index (χ4v) is 11.1. The molecule has 5 heterocycles. The molecule has 0 fully saturated rings. The monoisotopic (exact) mass is 842 g/mol. The number of fused-ring (bicyclic) bond motifs is 7. The third-order valence-electron chi connectivity index (χ3n) is 12.7. The first-order valence-electron chi connectivity index (χ1n) is 21.1. The van der Waals surface area contributed by atoms with E-state index in [2.05, 4.69) is 175 Å². The summed E-state index contributed by atoms with van der Waals surface area (Å²) >= 11 is 3.55. The molecule has 0 saturated carbocycles. The van der Waals surface area contributed by atoms with Crippen LogP contribution in [-0.4, -0.2) is 15.0 Å². The topological polar surface area (TPSA) is 64.7 Å². The minimum absolute atomic E-state index is 0.651. The van der Waals surface area contributed by atoms with E-state index in [0.717, 1.165) is 60.8 Å². The van der Waals surface area contributed by atoms with Crippen molar-refractivity contribution in [3.05, 3.63) is 221 Å². The Bertz CT molecular complexity index is 3490. The molecule has 0 amide bonds. The maximum atomic E-state index is 6.70. The zero-order valence-corrected chi connectivity index (χ0v) is 35.9. The maximum absolute atomic E-state index is 6.70. The molecule has 12 rings (SSSR count). The van der Waals surface area contributed by atoms with E-state index in [1.165, 1.54) is 54.3 Å². The van der Waals surface area contributed by atoms with Gasteiger partial charge in [-0.25, -0.2) is 9.97 Å². The second kappa shape index (κ2) is 14.8. The van der Waals surface area contributed by atoms with Crippen LogP contribution in [0.3, 0.4) is 0 Å². The van der Waals surface area contributed by atoms with Crippen LogP contribution in [0, 0.1) is 0 Å². The first-order valence-corrected chi connectivity index (χ1v) is 22.9. The van der Waals surface area contributed by atoms with Crippen LogP contribution < -0.4 is 5.73 Å². The van der Waals surface area contributed by atoms with E-state index in [0.29, 0.717) is 5.69 Å². The van der Waals surface area contributed by atoms with Gasteiger partial charge in [-0.15, -0.1) is 22.7 Å². The van der Waals surface area contributed by atoms with Crippen LogP contribution in [0.25, 0.3) is 93.3 Å². The molecule has 63 heavy (non-hydrogen) atoms. The van der Waals surface area contributed by atoms with Crippen molar-refractivity contribution in [2.75, 3.05) is 5.73 Å². The van der Waals surface area contributed by atoms with Gasteiger partial charge in [0.1, 0.15) is 0 Å². The molecule has 0 saturated heterocycles. The van der Waals surface area contributed by atoms with Crippen molar-refractivity contribution in [3.8, 4) is 54.5 Å². The highest BCUT2D eigenvalue weighted by Crippen LogP contribution is 2.58. The van der Waals surface area contributed by atoms with Crippen LogP contribution in [0.4, 0.5) is 5.69 Å². The molecule has 2 N–H and O–H groups in total. The zero-order valence-electron chi connectivity index (χ0n) is 34.3. The van der Waals surface area contributed by atoms with Crippen LogP contribution in [0.2, 0.25) is 0 Å². The summed E-state index contributed by atoms with van der Waals surface area (Å²) in [6, 6.07) is 62.0. The number of thiophene rings is 2. The molecule has 0 atom stereocenters. The molecule has 4 nitrogen and oxygen atoms in total. The average molecular weight is 843 g/mol. The largest absolute Gasteiger partial charge is 0.396 e. The van der Waals surface area contributed by atoms with Gasteiger partial charge in [0.15, 0.2) is 0 Å². The van der Waals surface area contributed by atoms with E-state index in [9.17, 15) is 0 Å². The Balaban J connectivity index is 1.07. The Hall–Kier alpha value is -7.51. The number of nitrogens with two attached hydrogens (primary N) is 1. The molecule has 0 spiro atoms. The summed E-state index contributed by atoms with van der Waals surface area (Å²) < 4.78 is 0. The van der Waals surface area contributed by atoms with Crippen molar-refractivity contribution in [1.82, 2.24) is 15.0 Å². The SMILES string of the molecule is C/C=C\c1ccc2ccc(-c3ccc(C4(c5ccc(-c6ccc7ccc8cccnc8c7n6)cc5)c5cc(-c6cccs6)ccc5-c5ccc(-c6cccs6)cc54)cc3)nc2c1N. The molecule has 6 heteroatoms. The standard InChI is InChI=1S/C57H38N4S2/c1-2-6-37-10-11-39-20-28-49(60-54(39)53(37)58)35-14-22-43(23-15-35)57(44-24-16-36(17-25-44)50-29-21-40-13-12-38-7-3-30-59-55(38)56(40)61-50)47-33-41(51-8-4-31-62-51)18-26-45(47)46-27-19-42(34-48(46)57)52-9-5-32-63-52/h2-34H,58H2,1H3/b6-2-. The fraction of sp³-hybridized carbons (Fsp3) is 0.0351. The molecule has 0 aliphatic heterocycles. The molecule has 6 aromatic carbocycles. The molecule has 1 aliphatic carbocycles. The van der Waals surface area contributed by atoms with Crippen LogP contribution in [0.1, 0.15) is 34.7 Å². The number of nitrogens with zero attached hydrogens (tertiary/aromatic N) is 3. The van der Waals surface area contributed by atoms with Crippen molar-refractivity contribution in [2.45, 2.75) is 12.3 Å². The second-order valence-electron chi connectivity index (χ2n) is 16.1. The third-order valence-corrected chi connectivity index (χ3v) is 14.5. The van der Waals surface area contributed by atoms with Crippen molar-refractivity contribution in [3.63, 3.8) is 0 Å². The van der Waals surface area contributed by atoms with Gasteiger partial charge in [-0.3, -0.25) is 4.98 Å². The minimum Gasteiger partial charge on any atom is -0.396 e. The Labute approximate surface area is 373 Å². The van der Waals surface area contributed by atoms with Crippen molar-refractivity contribution in [1.29, 1.82) is 0 Å². The van der Waals surface area contributed by atoms with Gasteiger partial charge < -0.3 is 5.73 Å². The van der Waals surface area contributed by atoms with Gasteiger partial charge in [0.25, 0.3) is 0 Å². The molecule has 298 valence electrons. The van der Waals surface area contributed by atoms with E-state index in [-0.39, 0.29) is 0 Å². The van der Waals surface area contributed by atoms with Crippen LogP contribution in [-0.2, 0) is 5.41 Å². The molecule has 0 radical (unpaired) electrons. The van der Waals surface area contributed by atoms with Gasteiger partial charge in [0.05, 0.1) is 39.0 Å². The van der Waals surface area contributed by atoms with Gasteiger partial charge >= 0.3 is 0 Å². The highest BCUT2D eigenvalue weighted by atomic mass is 32.1. The molecule has 11 aromatic rings. The lowest BCUT2D eigenvalue weighted by Crippen LogP contribution is -2.28. The number of aromatic nitrogens is 3. The normalized spacial score (nSPS) is 13.0. The summed E-state index contributed by atoms with van der Waals surface area (Å²) in [5, 5.41) is 7.50. The lowest BCUT2D eigenvalue weighted by Gasteiger charge is -2.34. The minimum atomic E-state index is -0.651. The lowest BCUT2D eigenvalue weighted by atomic mass is 9.67. The Morgan fingerprint density at radius 3 is 1.56 bits per heavy atom. The van der Waals surface area contributed by atoms with Gasteiger partial charge in [0, 0.05) is 43.2 Å². The first kappa shape index (κ1) is 37.3. The van der Waals surface area contributed by atoms with Crippen LogP contribution >= 0.6 is 22.7 Å².